The fraction of sp³-hybridized carbons (Fsp3) is 0.429. The second-order valence-electron chi connectivity index (χ2n) is 6.54. The van der Waals surface area contributed by atoms with Crippen molar-refractivity contribution in [3.63, 3.8) is 0 Å². The number of hydrogen-bond donors (Lipinski definition) is 2. The van der Waals surface area contributed by atoms with E-state index in [0.29, 0.717) is 25.6 Å². The van der Waals surface area contributed by atoms with E-state index < -0.39 is 0 Å². The first-order valence-corrected chi connectivity index (χ1v) is 9.61. The molecule has 2 N–H and O–H groups in total. The highest BCUT2D eigenvalue weighted by molar-refractivity contribution is 5.79. The van der Waals surface area contributed by atoms with Gasteiger partial charge in [-0.05, 0) is 43.4 Å². The summed E-state index contributed by atoms with van der Waals surface area (Å²) in [4.78, 5) is 8.96. The summed E-state index contributed by atoms with van der Waals surface area (Å²) in [6.07, 6.45) is 4.39. The molecule has 0 aliphatic heterocycles. The van der Waals surface area contributed by atoms with Crippen LogP contribution < -0.4 is 20.1 Å². The van der Waals surface area contributed by atoms with Gasteiger partial charge in [0.25, 0.3) is 0 Å². The van der Waals surface area contributed by atoms with Gasteiger partial charge < -0.3 is 20.1 Å². The van der Waals surface area contributed by atoms with Gasteiger partial charge in [0.1, 0.15) is 12.4 Å². The molecule has 27 heavy (non-hydrogen) atoms. The standard InChI is InChI=1S/C21H28N4O2/c1-2-22-21(23-12-13-26-19-6-4-3-5-7-19)25-15-18-10-11-20(24-14-18)27-16-17-8-9-17/h3-7,10-11,14,17H,2,8-9,12-13,15-16H2,1H3,(H2,22,23,25). The van der Waals surface area contributed by atoms with Crippen LogP contribution in [0.4, 0.5) is 0 Å². The summed E-state index contributed by atoms with van der Waals surface area (Å²) in [5, 5.41) is 6.52. The van der Waals surface area contributed by atoms with Crippen LogP contribution in [0.1, 0.15) is 25.3 Å². The van der Waals surface area contributed by atoms with E-state index in [1.165, 1.54) is 12.8 Å². The zero-order valence-electron chi connectivity index (χ0n) is 15.9. The molecule has 1 saturated carbocycles. The Hall–Kier alpha value is -2.76. The molecule has 0 saturated heterocycles. The molecule has 1 fully saturated rings. The molecule has 0 bridgehead atoms. The van der Waals surface area contributed by atoms with Crippen molar-refractivity contribution in [1.82, 2.24) is 15.6 Å². The summed E-state index contributed by atoms with van der Waals surface area (Å²) < 4.78 is 11.4. The van der Waals surface area contributed by atoms with Gasteiger partial charge in [0.15, 0.2) is 5.96 Å². The largest absolute Gasteiger partial charge is 0.492 e. The van der Waals surface area contributed by atoms with Crippen molar-refractivity contribution in [2.24, 2.45) is 10.9 Å². The summed E-state index contributed by atoms with van der Waals surface area (Å²) in [6, 6.07) is 13.7. The molecule has 0 amide bonds. The molecular formula is C21H28N4O2. The molecule has 1 aromatic heterocycles. The van der Waals surface area contributed by atoms with E-state index in [1.807, 2.05) is 55.6 Å². The van der Waals surface area contributed by atoms with Gasteiger partial charge in [-0.15, -0.1) is 0 Å². The molecule has 1 aliphatic rings. The van der Waals surface area contributed by atoms with Gasteiger partial charge in [-0.1, -0.05) is 24.3 Å². The third kappa shape index (κ3) is 7.17. The first-order chi connectivity index (χ1) is 13.3. The maximum absolute atomic E-state index is 5.69. The zero-order chi connectivity index (χ0) is 18.7. The Morgan fingerprint density at radius 3 is 2.67 bits per heavy atom. The Kier molecular flexibility index (Phi) is 7.33. The number of guanidine groups is 1. The Bertz CT molecular complexity index is 700. The highest BCUT2D eigenvalue weighted by Crippen LogP contribution is 2.29. The molecule has 3 rings (SSSR count). The number of benzene rings is 1. The minimum atomic E-state index is 0.560. The van der Waals surface area contributed by atoms with Crippen molar-refractivity contribution in [3.05, 3.63) is 54.2 Å². The van der Waals surface area contributed by atoms with E-state index in [2.05, 4.69) is 20.6 Å². The van der Waals surface area contributed by atoms with E-state index in [0.717, 1.165) is 36.3 Å². The molecule has 6 nitrogen and oxygen atoms in total. The number of ether oxygens (including phenoxy) is 2. The number of aromatic nitrogens is 1. The van der Waals surface area contributed by atoms with E-state index in [1.54, 1.807) is 0 Å². The number of nitrogens with zero attached hydrogens (tertiary/aromatic N) is 2. The predicted molar refractivity (Wildman–Crippen MR) is 107 cm³/mol. The van der Waals surface area contributed by atoms with Crippen LogP contribution in [0.15, 0.2) is 53.7 Å². The summed E-state index contributed by atoms with van der Waals surface area (Å²) in [6.45, 7) is 5.44. The van der Waals surface area contributed by atoms with Crippen LogP contribution in [0, 0.1) is 5.92 Å². The average Bonchev–Trinajstić information content (AvgIpc) is 3.54. The highest BCUT2D eigenvalue weighted by atomic mass is 16.5. The number of para-hydroxylation sites is 1. The second kappa shape index (κ2) is 10.4. The third-order valence-corrected chi connectivity index (χ3v) is 4.13. The predicted octanol–water partition coefficient (Wildman–Crippen LogP) is 3.00. The second-order valence-corrected chi connectivity index (χ2v) is 6.54. The first kappa shape index (κ1) is 19.0. The number of nitrogens with one attached hydrogen (secondary N) is 2. The number of aliphatic imine (C=N–C) groups is 1. The Morgan fingerprint density at radius 1 is 1.11 bits per heavy atom. The van der Waals surface area contributed by atoms with Crippen molar-refractivity contribution in [1.29, 1.82) is 0 Å². The zero-order valence-corrected chi connectivity index (χ0v) is 15.9. The summed E-state index contributed by atoms with van der Waals surface area (Å²) in [5.41, 5.74) is 1.05. The number of hydrogen-bond acceptors (Lipinski definition) is 4. The molecule has 0 radical (unpaired) electrons. The smallest absolute Gasteiger partial charge is 0.213 e. The van der Waals surface area contributed by atoms with Gasteiger partial charge >= 0.3 is 0 Å². The lowest BCUT2D eigenvalue weighted by atomic mass is 10.3. The maximum atomic E-state index is 5.69. The van der Waals surface area contributed by atoms with E-state index in [9.17, 15) is 0 Å². The molecule has 1 aliphatic carbocycles. The molecule has 0 unspecified atom stereocenters. The van der Waals surface area contributed by atoms with Gasteiger partial charge in [-0.3, -0.25) is 0 Å². The first-order valence-electron chi connectivity index (χ1n) is 9.61. The molecule has 0 atom stereocenters. The van der Waals surface area contributed by atoms with Crippen LogP contribution in [-0.4, -0.2) is 37.2 Å². The van der Waals surface area contributed by atoms with E-state index in [-0.39, 0.29) is 0 Å². The minimum absolute atomic E-state index is 0.560. The lowest BCUT2D eigenvalue weighted by Gasteiger charge is -2.12. The van der Waals surface area contributed by atoms with Crippen molar-refractivity contribution < 1.29 is 9.47 Å². The number of pyridine rings is 1. The van der Waals surface area contributed by atoms with Gasteiger partial charge in [0.2, 0.25) is 5.88 Å². The summed E-state index contributed by atoms with van der Waals surface area (Å²) in [5.74, 6) is 3.06. The van der Waals surface area contributed by atoms with Crippen molar-refractivity contribution >= 4 is 5.96 Å². The Morgan fingerprint density at radius 2 is 1.96 bits per heavy atom. The van der Waals surface area contributed by atoms with Gasteiger partial charge in [-0.25, -0.2) is 9.98 Å². The molecule has 6 heteroatoms. The van der Waals surface area contributed by atoms with Crippen LogP contribution in [0.2, 0.25) is 0 Å². The Labute approximate surface area is 161 Å². The van der Waals surface area contributed by atoms with Crippen LogP contribution in [0.5, 0.6) is 11.6 Å². The minimum Gasteiger partial charge on any atom is -0.492 e. The molecule has 2 aromatic rings. The topological polar surface area (TPSA) is 67.8 Å². The van der Waals surface area contributed by atoms with Crippen molar-refractivity contribution in [3.8, 4) is 11.6 Å². The van der Waals surface area contributed by atoms with Crippen LogP contribution in [0.3, 0.4) is 0 Å². The highest BCUT2D eigenvalue weighted by Gasteiger charge is 2.21. The average molecular weight is 368 g/mol. The van der Waals surface area contributed by atoms with Crippen molar-refractivity contribution in [2.45, 2.75) is 26.3 Å². The SMILES string of the molecule is CCNC(=NCc1ccc(OCC2CC2)nc1)NCCOc1ccccc1. The monoisotopic (exact) mass is 368 g/mol. The van der Waals surface area contributed by atoms with E-state index in [4.69, 9.17) is 9.47 Å². The fourth-order valence-corrected chi connectivity index (χ4v) is 2.44. The molecule has 144 valence electrons. The van der Waals surface area contributed by atoms with Crippen LogP contribution in [-0.2, 0) is 6.54 Å². The lowest BCUT2D eigenvalue weighted by Crippen LogP contribution is -2.39. The van der Waals surface area contributed by atoms with Gasteiger partial charge in [0.05, 0.1) is 19.7 Å². The van der Waals surface area contributed by atoms with Crippen LogP contribution in [0.25, 0.3) is 0 Å². The quantitative estimate of drug-likeness (QED) is 0.383. The molecule has 1 heterocycles. The lowest BCUT2D eigenvalue weighted by molar-refractivity contribution is 0.288. The van der Waals surface area contributed by atoms with Gasteiger partial charge in [0, 0.05) is 18.8 Å². The third-order valence-electron chi connectivity index (χ3n) is 4.13. The normalized spacial score (nSPS) is 13.9. The van der Waals surface area contributed by atoms with Crippen LogP contribution >= 0.6 is 0 Å². The summed E-state index contributed by atoms with van der Waals surface area (Å²) in [7, 11) is 0. The van der Waals surface area contributed by atoms with Crippen molar-refractivity contribution in [2.75, 3.05) is 26.3 Å². The van der Waals surface area contributed by atoms with Gasteiger partial charge in [-0.2, -0.15) is 0 Å². The molecular weight excluding hydrogens is 340 g/mol. The fourth-order valence-electron chi connectivity index (χ4n) is 2.44. The Balaban J connectivity index is 1.41. The number of rotatable bonds is 10. The molecule has 1 aromatic carbocycles. The molecule has 0 spiro atoms. The maximum Gasteiger partial charge on any atom is 0.213 e. The van der Waals surface area contributed by atoms with E-state index >= 15 is 0 Å². The summed E-state index contributed by atoms with van der Waals surface area (Å²) >= 11 is 0.